The van der Waals surface area contributed by atoms with Crippen LogP contribution < -0.4 is 5.32 Å². The fourth-order valence-electron chi connectivity index (χ4n) is 4.12. The molecule has 166 valence electrons. The van der Waals surface area contributed by atoms with E-state index in [-0.39, 0.29) is 17.9 Å². The quantitative estimate of drug-likeness (QED) is 0.446. The molecule has 0 radical (unpaired) electrons. The van der Waals surface area contributed by atoms with Gasteiger partial charge in [0.1, 0.15) is 6.04 Å². The largest absolute Gasteiger partial charge is 0.354 e. The molecule has 1 saturated heterocycles. The summed E-state index contributed by atoms with van der Waals surface area (Å²) in [4.78, 5) is 27.6. The van der Waals surface area contributed by atoms with Crippen LogP contribution in [0.2, 0.25) is 0 Å². The first-order valence-electron chi connectivity index (χ1n) is 11.9. The summed E-state index contributed by atoms with van der Waals surface area (Å²) < 4.78 is 0. The van der Waals surface area contributed by atoms with E-state index in [1.165, 1.54) is 32.1 Å². The Morgan fingerprint density at radius 1 is 1.07 bits per heavy atom. The van der Waals surface area contributed by atoms with Gasteiger partial charge in [0.25, 0.3) is 0 Å². The van der Waals surface area contributed by atoms with Gasteiger partial charge in [-0.3, -0.25) is 9.59 Å². The minimum atomic E-state index is -0.344. The summed E-state index contributed by atoms with van der Waals surface area (Å²) in [5, 5.41) is 3.00. The lowest BCUT2D eigenvalue weighted by Crippen LogP contribution is -2.49. The molecule has 2 amide bonds. The molecule has 1 unspecified atom stereocenters. The number of rotatable bonds is 12. The van der Waals surface area contributed by atoms with Crippen LogP contribution in [0.25, 0.3) is 6.08 Å². The molecule has 1 heterocycles. The van der Waals surface area contributed by atoms with Gasteiger partial charge in [-0.1, -0.05) is 87.4 Å². The van der Waals surface area contributed by atoms with E-state index in [0.29, 0.717) is 19.5 Å². The second-order valence-electron chi connectivity index (χ2n) is 8.60. The lowest BCUT2D eigenvalue weighted by molar-refractivity contribution is -0.140. The molecule has 1 N–H and O–H groups in total. The molecule has 1 aliphatic rings. The van der Waals surface area contributed by atoms with Crippen molar-refractivity contribution in [1.29, 1.82) is 0 Å². The van der Waals surface area contributed by atoms with Crippen molar-refractivity contribution in [2.24, 2.45) is 0 Å². The average Bonchev–Trinajstić information content (AvgIpc) is 2.96. The van der Waals surface area contributed by atoms with Gasteiger partial charge in [-0.2, -0.15) is 0 Å². The van der Waals surface area contributed by atoms with Crippen molar-refractivity contribution in [3.63, 3.8) is 0 Å². The molecule has 0 aromatic heterocycles. The SMILES string of the molecule is CCCCCCCCCC(=O)N(C/C(C)=C/c1ccccc1)C1CCCCNC1=O. The second kappa shape index (κ2) is 14.0. The lowest BCUT2D eigenvalue weighted by Gasteiger charge is -2.30. The fraction of sp³-hybridized carbons (Fsp3) is 0.615. The third kappa shape index (κ3) is 8.73. The average molecular weight is 413 g/mol. The van der Waals surface area contributed by atoms with E-state index >= 15 is 0 Å². The molecule has 30 heavy (non-hydrogen) atoms. The Bertz CT molecular complexity index is 669. The lowest BCUT2D eigenvalue weighted by atomic mass is 10.0. The second-order valence-corrected chi connectivity index (χ2v) is 8.60. The molecule has 0 bridgehead atoms. The first kappa shape index (κ1) is 24.2. The van der Waals surface area contributed by atoms with Gasteiger partial charge in [0.05, 0.1) is 0 Å². The van der Waals surface area contributed by atoms with Crippen LogP contribution in [0.5, 0.6) is 0 Å². The van der Waals surface area contributed by atoms with Gasteiger partial charge >= 0.3 is 0 Å². The van der Waals surface area contributed by atoms with Gasteiger partial charge in [0, 0.05) is 19.5 Å². The van der Waals surface area contributed by atoms with Gasteiger partial charge < -0.3 is 10.2 Å². The normalized spacial score (nSPS) is 17.3. The van der Waals surface area contributed by atoms with Crippen molar-refractivity contribution < 1.29 is 9.59 Å². The number of carbonyl (C=O) groups is 2. The molecule has 1 fully saturated rings. The van der Waals surface area contributed by atoms with Crippen molar-refractivity contribution in [3.05, 3.63) is 41.5 Å². The van der Waals surface area contributed by atoms with Crippen molar-refractivity contribution >= 4 is 17.9 Å². The van der Waals surface area contributed by atoms with Crippen LogP contribution in [-0.2, 0) is 9.59 Å². The Hall–Kier alpha value is -2.10. The highest BCUT2D eigenvalue weighted by molar-refractivity contribution is 5.88. The van der Waals surface area contributed by atoms with E-state index in [4.69, 9.17) is 0 Å². The zero-order valence-corrected chi connectivity index (χ0v) is 19.0. The highest BCUT2D eigenvalue weighted by Crippen LogP contribution is 2.18. The van der Waals surface area contributed by atoms with Crippen LogP contribution in [0, 0.1) is 0 Å². The van der Waals surface area contributed by atoms with Crippen LogP contribution in [0.3, 0.4) is 0 Å². The Kier molecular flexibility index (Phi) is 11.3. The highest BCUT2D eigenvalue weighted by Gasteiger charge is 2.30. The number of hydrogen-bond donors (Lipinski definition) is 1. The van der Waals surface area contributed by atoms with E-state index in [2.05, 4.69) is 37.4 Å². The van der Waals surface area contributed by atoms with Crippen LogP contribution in [0.4, 0.5) is 0 Å². The molecule has 4 heteroatoms. The van der Waals surface area contributed by atoms with E-state index in [0.717, 1.165) is 43.2 Å². The molecule has 1 aromatic carbocycles. The minimum Gasteiger partial charge on any atom is -0.354 e. The van der Waals surface area contributed by atoms with Crippen molar-refractivity contribution in [2.75, 3.05) is 13.1 Å². The van der Waals surface area contributed by atoms with E-state index < -0.39 is 0 Å². The molecular weight excluding hydrogens is 372 g/mol. The molecular formula is C26H40N2O2. The van der Waals surface area contributed by atoms with Gasteiger partial charge in [-0.25, -0.2) is 0 Å². The van der Waals surface area contributed by atoms with E-state index in [1.54, 1.807) is 0 Å². The predicted molar refractivity (Wildman–Crippen MR) is 125 cm³/mol. The molecule has 0 aliphatic carbocycles. The molecule has 0 saturated carbocycles. The minimum absolute atomic E-state index is 0.00734. The van der Waals surface area contributed by atoms with Gasteiger partial charge in [0.15, 0.2) is 0 Å². The fourth-order valence-corrected chi connectivity index (χ4v) is 4.12. The van der Waals surface area contributed by atoms with Crippen LogP contribution in [-0.4, -0.2) is 35.8 Å². The van der Waals surface area contributed by atoms with Crippen molar-refractivity contribution in [3.8, 4) is 0 Å². The van der Waals surface area contributed by atoms with E-state index in [9.17, 15) is 9.59 Å². The third-order valence-corrected chi connectivity index (χ3v) is 5.83. The summed E-state index contributed by atoms with van der Waals surface area (Å²) >= 11 is 0. The number of nitrogens with zero attached hydrogens (tertiary/aromatic N) is 1. The molecule has 4 nitrogen and oxygen atoms in total. The molecule has 0 spiro atoms. The van der Waals surface area contributed by atoms with E-state index in [1.807, 2.05) is 23.1 Å². The molecule has 1 aliphatic heterocycles. The summed E-state index contributed by atoms with van der Waals surface area (Å²) in [6, 6.07) is 9.81. The molecule has 1 aromatic rings. The van der Waals surface area contributed by atoms with Crippen LogP contribution in [0.1, 0.15) is 90.0 Å². The Labute approximate surface area is 183 Å². The van der Waals surface area contributed by atoms with Crippen LogP contribution in [0.15, 0.2) is 35.9 Å². The molecule has 2 rings (SSSR count). The summed E-state index contributed by atoms with van der Waals surface area (Å²) in [5.41, 5.74) is 2.23. The van der Waals surface area contributed by atoms with Gasteiger partial charge in [0.2, 0.25) is 11.8 Å². The Morgan fingerprint density at radius 3 is 2.50 bits per heavy atom. The number of nitrogens with one attached hydrogen (secondary N) is 1. The summed E-state index contributed by atoms with van der Waals surface area (Å²) in [5.74, 6) is 0.124. The van der Waals surface area contributed by atoms with Crippen LogP contribution >= 0.6 is 0 Å². The third-order valence-electron chi connectivity index (χ3n) is 5.83. The van der Waals surface area contributed by atoms with Crippen molar-refractivity contribution in [1.82, 2.24) is 10.2 Å². The van der Waals surface area contributed by atoms with Crippen molar-refractivity contribution in [2.45, 2.75) is 90.5 Å². The predicted octanol–water partition coefficient (Wildman–Crippen LogP) is 5.73. The maximum Gasteiger partial charge on any atom is 0.242 e. The Balaban J connectivity index is 1.98. The number of unbranched alkanes of at least 4 members (excludes halogenated alkanes) is 6. The number of carbonyl (C=O) groups excluding carboxylic acids is 2. The zero-order chi connectivity index (χ0) is 21.6. The topological polar surface area (TPSA) is 49.4 Å². The summed E-state index contributed by atoms with van der Waals surface area (Å²) in [7, 11) is 0. The monoisotopic (exact) mass is 412 g/mol. The maximum atomic E-state index is 13.1. The number of amides is 2. The first-order chi connectivity index (χ1) is 14.6. The highest BCUT2D eigenvalue weighted by atomic mass is 16.2. The zero-order valence-electron chi connectivity index (χ0n) is 19.0. The smallest absolute Gasteiger partial charge is 0.242 e. The Morgan fingerprint density at radius 2 is 1.77 bits per heavy atom. The van der Waals surface area contributed by atoms with Gasteiger partial charge in [-0.15, -0.1) is 0 Å². The molecule has 1 atom stereocenters. The standard InChI is InChI=1S/C26H40N2O2/c1-3-4-5-6-7-8-12-18-25(29)28(24-17-13-14-19-27-26(24)30)21-22(2)20-23-15-10-9-11-16-23/h9-11,15-16,20,24H,3-8,12-14,17-19,21H2,1-2H3,(H,27,30)/b22-20+. The number of benzene rings is 1. The number of hydrogen-bond acceptors (Lipinski definition) is 2. The maximum absolute atomic E-state index is 13.1. The first-order valence-corrected chi connectivity index (χ1v) is 11.9. The summed E-state index contributed by atoms with van der Waals surface area (Å²) in [6.07, 6.45) is 13.7. The summed E-state index contributed by atoms with van der Waals surface area (Å²) in [6.45, 7) is 5.51. The van der Waals surface area contributed by atoms with Gasteiger partial charge in [-0.05, 0) is 38.2 Å².